The van der Waals surface area contributed by atoms with E-state index in [0.29, 0.717) is 16.2 Å². The van der Waals surface area contributed by atoms with Crippen LogP contribution in [-0.4, -0.2) is 14.9 Å². The standard InChI is InChI=1S/C6H5ClN4OS/c7-4-3(1-2-12-4)5-9-10-6(13)11(5)8/h1-2H,8H2,(H,10,13). The Balaban J connectivity index is 2.65. The smallest absolute Gasteiger partial charge is 0.214 e. The fraction of sp³-hybridized carbons (Fsp3) is 0. The largest absolute Gasteiger partial charge is 0.452 e. The number of halogens is 1. The monoisotopic (exact) mass is 216 g/mol. The Bertz CT molecular complexity index is 485. The lowest BCUT2D eigenvalue weighted by atomic mass is 10.3. The summed E-state index contributed by atoms with van der Waals surface area (Å²) in [6.45, 7) is 0. The molecule has 0 fully saturated rings. The average molecular weight is 217 g/mol. The number of nitrogens with one attached hydrogen (secondary N) is 1. The van der Waals surface area contributed by atoms with Gasteiger partial charge in [-0.15, -0.1) is 0 Å². The number of aromatic nitrogens is 3. The molecule has 5 nitrogen and oxygen atoms in total. The zero-order chi connectivity index (χ0) is 9.42. The molecule has 0 aromatic carbocycles. The number of rotatable bonds is 1. The van der Waals surface area contributed by atoms with Crippen molar-refractivity contribution in [3.05, 3.63) is 22.3 Å². The molecule has 13 heavy (non-hydrogen) atoms. The van der Waals surface area contributed by atoms with Crippen LogP contribution in [0.15, 0.2) is 16.7 Å². The summed E-state index contributed by atoms with van der Waals surface area (Å²) in [5.41, 5.74) is 0.608. The summed E-state index contributed by atoms with van der Waals surface area (Å²) in [5.74, 6) is 6.03. The van der Waals surface area contributed by atoms with Crippen LogP contribution in [0.4, 0.5) is 0 Å². The minimum Gasteiger partial charge on any atom is -0.452 e. The van der Waals surface area contributed by atoms with Gasteiger partial charge in [0.25, 0.3) is 0 Å². The number of nitrogens with zero attached hydrogens (tertiary/aromatic N) is 2. The molecule has 0 unspecified atom stereocenters. The van der Waals surface area contributed by atoms with Gasteiger partial charge in [-0.25, -0.2) is 9.77 Å². The van der Waals surface area contributed by atoms with Gasteiger partial charge in [-0.05, 0) is 29.9 Å². The second-order valence-corrected chi connectivity index (χ2v) is 3.06. The van der Waals surface area contributed by atoms with Crippen molar-refractivity contribution in [1.82, 2.24) is 14.9 Å². The number of aromatic amines is 1. The molecule has 2 heterocycles. The van der Waals surface area contributed by atoms with Gasteiger partial charge in [0.15, 0.2) is 5.82 Å². The first-order valence-electron chi connectivity index (χ1n) is 3.36. The molecule has 3 N–H and O–H groups in total. The van der Waals surface area contributed by atoms with Crippen molar-refractivity contribution in [3.8, 4) is 11.4 Å². The summed E-state index contributed by atoms with van der Waals surface area (Å²) in [6, 6.07) is 1.66. The lowest BCUT2D eigenvalue weighted by Crippen LogP contribution is -2.09. The highest BCUT2D eigenvalue weighted by Crippen LogP contribution is 2.25. The maximum Gasteiger partial charge on any atom is 0.214 e. The molecule has 68 valence electrons. The van der Waals surface area contributed by atoms with Crippen LogP contribution in [0.25, 0.3) is 11.4 Å². The quantitative estimate of drug-likeness (QED) is 0.561. The van der Waals surface area contributed by atoms with E-state index in [1.165, 1.54) is 10.9 Å². The molecule has 0 radical (unpaired) electrons. The van der Waals surface area contributed by atoms with Gasteiger partial charge >= 0.3 is 0 Å². The van der Waals surface area contributed by atoms with E-state index in [9.17, 15) is 0 Å². The molecule has 2 rings (SSSR count). The third-order valence-electron chi connectivity index (χ3n) is 1.56. The number of furan rings is 1. The SMILES string of the molecule is Nn1c(-c2ccoc2Cl)n[nH]c1=S. The Morgan fingerprint density at radius 2 is 2.46 bits per heavy atom. The van der Waals surface area contributed by atoms with Crippen LogP contribution in [0.5, 0.6) is 0 Å². The maximum absolute atomic E-state index is 5.73. The molecule has 0 aliphatic rings. The van der Waals surface area contributed by atoms with Gasteiger partial charge in [-0.1, -0.05) is 0 Å². The normalized spacial score (nSPS) is 10.5. The fourth-order valence-electron chi connectivity index (χ4n) is 0.948. The number of nitrogens with two attached hydrogens (primary N) is 1. The van der Waals surface area contributed by atoms with E-state index in [2.05, 4.69) is 10.2 Å². The van der Waals surface area contributed by atoms with Crippen molar-refractivity contribution in [2.24, 2.45) is 0 Å². The third kappa shape index (κ3) is 1.24. The molecule has 0 aliphatic heterocycles. The molecule has 0 saturated carbocycles. The molecule has 2 aromatic heterocycles. The molecule has 0 bridgehead atoms. The van der Waals surface area contributed by atoms with Crippen molar-refractivity contribution >= 4 is 23.8 Å². The van der Waals surface area contributed by atoms with Crippen molar-refractivity contribution in [2.45, 2.75) is 0 Å². The van der Waals surface area contributed by atoms with Crippen molar-refractivity contribution in [2.75, 3.05) is 5.84 Å². The van der Waals surface area contributed by atoms with E-state index in [1.54, 1.807) is 6.07 Å². The topological polar surface area (TPSA) is 72.8 Å². The number of hydrogen-bond donors (Lipinski definition) is 2. The Morgan fingerprint density at radius 3 is 2.92 bits per heavy atom. The summed E-state index contributed by atoms with van der Waals surface area (Å²) in [7, 11) is 0. The average Bonchev–Trinajstić information content (AvgIpc) is 2.62. The first-order chi connectivity index (χ1) is 6.20. The van der Waals surface area contributed by atoms with E-state index < -0.39 is 0 Å². The van der Waals surface area contributed by atoms with Gasteiger partial charge in [0.2, 0.25) is 9.99 Å². The Hall–Kier alpha value is -1.27. The van der Waals surface area contributed by atoms with E-state index >= 15 is 0 Å². The fourth-order valence-corrected chi connectivity index (χ4v) is 1.28. The number of hydrogen-bond acceptors (Lipinski definition) is 4. The Kier molecular flexibility index (Phi) is 1.86. The first-order valence-corrected chi connectivity index (χ1v) is 4.14. The van der Waals surface area contributed by atoms with E-state index in [0.717, 1.165) is 0 Å². The van der Waals surface area contributed by atoms with Crippen molar-refractivity contribution in [1.29, 1.82) is 0 Å². The molecule has 0 saturated heterocycles. The van der Waals surface area contributed by atoms with E-state index in [4.69, 9.17) is 34.1 Å². The highest BCUT2D eigenvalue weighted by Gasteiger charge is 2.12. The van der Waals surface area contributed by atoms with Crippen LogP contribution in [0, 0.1) is 4.77 Å². The summed E-state index contributed by atoms with van der Waals surface area (Å²) >= 11 is 10.6. The highest BCUT2D eigenvalue weighted by atomic mass is 35.5. The first kappa shape index (κ1) is 8.33. The van der Waals surface area contributed by atoms with Crippen LogP contribution < -0.4 is 5.84 Å². The van der Waals surface area contributed by atoms with E-state index in [-0.39, 0.29) is 5.22 Å². The minimum atomic E-state index is 0.237. The molecular weight excluding hydrogens is 212 g/mol. The second-order valence-electron chi connectivity index (χ2n) is 2.33. The lowest BCUT2D eigenvalue weighted by molar-refractivity contribution is 0.570. The lowest BCUT2D eigenvalue weighted by Gasteiger charge is -1.95. The molecule has 7 heteroatoms. The summed E-state index contributed by atoms with van der Waals surface area (Å²) in [4.78, 5) is 0. The predicted molar refractivity (Wildman–Crippen MR) is 50.3 cm³/mol. The summed E-state index contributed by atoms with van der Waals surface area (Å²) < 4.78 is 6.45. The van der Waals surface area contributed by atoms with Gasteiger partial charge in [-0.2, -0.15) is 5.10 Å². The maximum atomic E-state index is 5.73. The van der Waals surface area contributed by atoms with Crippen LogP contribution in [0.1, 0.15) is 0 Å². The van der Waals surface area contributed by atoms with Crippen molar-refractivity contribution < 1.29 is 4.42 Å². The molecule has 0 atom stereocenters. The van der Waals surface area contributed by atoms with Crippen LogP contribution in [0.3, 0.4) is 0 Å². The molecular formula is C6H5ClN4OS. The van der Waals surface area contributed by atoms with Gasteiger partial charge in [0, 0.05) is 0 Å². The van der Waals surface area contributed by atoms with Gasteiger partial charge in [0.1, 0.15) is 0 Å². The van der Waals surface area contributed by atoms with Crippen LogP contribution in [0.2, 0.25) is 5.22 Å². The molecule has 0 aliphatic carbocycles. The van der Waals surface area contributed by atoms with Gasteiger partial charge in [0.05, 0.1) is 11.8 Å². The Morgan fingerprint density at radius 1 is 1.69 bits per heavy atom. The number of nitrogen functional groups attached to an aromatic ring is 1. The van der Waals surface area contributed by atoms with E-state index in [1.807, 2.05) is 0 Å². The van der Waals surface area contributed by atoms with Crippen LogP contribution in [-0.2, 0) is 0 Å². The molecule has 0 amide bonds. The zero-order valence-corrected chi connectivity index (χ0v) is 7.89. The number of H-pyrrole nitrogens is 1. The second kappa shape index (κ2) is 2.90. The summed E-state index contributed by atoms with van der Waals surface area (Å²) in [6.07, 6.45) is 1.45. The zero-order valence-electron chi connectivity index (χ0n) is 6.32. The molecule has 2 aromatic rings. The summed E-state index contributed by atoms with van der Waals surface area (Å²) in [5, 5.41) is 6.67. The Labute approximate surface area is 83.1 Å². The minimum absolute atomic E-state index is 0.237. The molecule has 0 spiro atoms. The van der Waals surface area contributed by atoms with Gasteiger partial charge < -0.3 is 10.3 Å². The highest BCUT2D eigenvalue weighted by molar-refractivity contribution is 7.71. The van der Waals surface area contributed by atoms with Crippen molar-refractivity contribution in [3.63, 3.8) is 0 Å². The van der Waals surface area contributed by atoms with Gasteiger partial charge in [-0.3, -0.25) is 0 Å². The predicted octanol–water partition coefficient (Wildman–Crippen LogP) is 1.57. The van der Waals surface area contributed by atoms with Crippen LogP contribution >= 0.6 is 23.8 Å². The third-order valence-corrected chi connectivity index (χ3v) is 2.14.